The van der Waals surface area contributed by atoms with E-state index in [-0.39, 0.29) is 6.61 Å². The van der Waals surface area contributed by atoms with Crippen molar-refractivity contribution in [2.75, 3.05) is 11.9 Å². The minimum Gasteiger partial charge on any atom is -0.462 e. The highest BCUT2D eigenvalue weighted by Gasteiger charge is 2.16. The van der Waals surface area contributed by atoms with Crippen molar-refractivity contribution in [1.82, 2.24) is 0 Å². The summed E-state index contributed by atoms with van der Waals surface area (Å²) in [6, 6.07) is 7.20. The van der Waals surface area contributed by atoms with Crippen LogP contribution in [0.25, 0.3) is 11.0 Å². The minimum atomic E-state index is -0.905. The number of nitrogens with one attached hydrogen (secondary N) is 1. The van der Waals surface area contributed by atoms with E-state index in [4.69, 9.17) is 4.42 Å². The number of anilines is 1. The summed E-state index contributed by atoms with van der Waals surface area (Å²) in [5.41, 5.74) is 1.10. The van der Waals surface area contributed by atoms with Crippen LogP contribution >= 0.6 is 0 Å². The van der Waals surface area contributed by atoms with Crippen LogP contribution < -0.4 is 5.32 Å². The van der Waals surface area contributed by atoms with E-state index in [0.717, 1.165) is 5.39 Å². The number of carbonyl (C=O) groups is 2. The van der Waals surface area contributed by atoms with Gasteiger partial charge in [0.1, 0.15) is 11.8 Å². The Kier molecular flexibility index (Phi) is 3.09. The van der Waals surface area contributed by atoms with Gasteiger partial charge in [0.05, 0.1) is 12.3 Å². The molecule has 0 unspecified atom stereocenters. The third kappa shape index (κ3) is 2.28. The number of amides is 1. The molecule has 0 atom stereocenters. The monoisotopic (exact) mass is 233 g/mol. The molecule has 1 heterocycles. The van der Waals surface area contributed by atoms with Crippen molar-refractivity contribution >= 4 is 28.5 Å². The molecule has 1 aromatic heterocycles. The van der Waals surface area contributed by atoms with E-state index >= 15 is 0 Å². The lowest BCUT2D eigenvalue weighted by Gasteiger charge is -2.02. The fraction of sp³-hybridized carbons (Fsp3) is 0.167. The second-order valence-electron chi connectivity index (χ2n) is 3.32. The molecule has 1 amide bonds. The molecule has 5 heteroatoms. The molecule has 0 aliphatic heterocycles. The van der Waals surface area contributed by atoms with Crippen LogP contribution in [0.2, 0.25) is 0 Å². The minimum absolute atomic E-state index is 0.165. The van der Waals surface area contributed by atoms with Gasteiger partial charge in [-0.1, -0.05) is 12.1 Å². The predicted molar refractivity (Wildman–Crippen MR) is 61.5 cm³/mol. The fourth-order valence-corrected chi connectivity index (χ4v) is 1.44. The Bertz CT molecular complexity index is 558. The first-order valence-electron chi connectivity index (χ1n) is 5.16. The summed E-state index contributed by atoms with van der Waals surface area (Å²) in [5.74, 6) is -1.71. The average Bonchev–Trinajstić information content (AvgIpc) is 2.73. The molecular weight excluding hydrogens is 222 g/mol. The molecule has 0 aliphatic carbocycles. The zero-order chi connectivity index (χ0) is 12.3. The SMILES string of the molecule is CCOC(=O)C(=O)Nc1coc2ccccc12. The molecule has 2 aromatic rings. The van der Waals surface area contributed by atoms with Crippen molar-refractivity contribution in [3.05, 3.63) is 30.5 Å². The quantitative estimate of drug-likeness (QED) is 0.635. The summed E-state index contributed by atoms with van der Waals surface area (Å²) >= 11 is 0. The maximum atomic E-state index is 11.4. The maximum Gasteiger partial charge on any atom is 0.397 e. The molecule has 17 heavy (non-hydrogen) atoms. The number of fused-ring (bicyclic) bond motifs is 1. The van der Waals surface area contributed by atoms with Gasteiger partial charge in [0, 0.05) is 5.39 Å². The normalized spacial score (nSPS) is 10.2. The summed E-state index contributed by atoms with van der Waals surface area (Å²) in [4.78, 5) is 22.6. The Morgan fingerprint density at radius 2 is 2.12 bits per heavy atom. The van der Waals surface area contributed by atoms with E-state index in [2.05, 4.69) is 10.1 Å². The molecule has 0 aliphatic rings. The van der Waals surface area contributed by atoms with Crippen molar-refractivity contribution in [1.29, 1.82) is 0 Å². The van der Waals surface area contributed by atoms with Crippen LogP contribution in [0.5, 0.6) is 0 Å². The summed E-state index contributed by atoms with van der Waals surface area (Å²) < 4.78 is 9.81. The third-order valence-electron chi connectivity index (χ3n) is 2.19. The Balaban J connectivity index is 2.19. The standard InChI is InChI=1S/C12H11NO4/c1-2-16-12(15)11(14)13-9-7-17-10-6-4-3-5-8(9)10/h3-7H,2H2,1H3,(H,13,14). The molecule has 0 bridgehead atoms. The molecule has 0 saturated heterocycles. The summed E-state index contributed by atoms with van der Waals surface area (Å²) in [7, 11) is 0. The fourth-order valence-electron chi connectivity index (χ4n) is 1.44. The van der Waals surface area contributed by atoms with Crippen LogP contribution in [0.4, 0.5) is 5.69 Å². The number of para-hydroxylation sites is 1. The first kappa shape index (κ1) is 11.2. The highest BCUT2D eigenvalue weighted by molar-refractivity contribution is 6.37. The largest absolute Gasteiger partial charge is 0.462 e. The van der Waals surface area contributed by atoms with Crippen LogP contribution in [0, 0.1) is 0 Å². The Morgan fingerprint density at radius 1 is 1.35 bits per heavy atom. The number of furan rings is 1. The Hall–Kier alpha value is -2.30. The Labute approximate surface area is 97.4 Å². The van der Waals surface area contributed by atoms with Gasteiger partial charge in [0.2, 0.25) is 0 Å². The number of ether oxygens (including phenoxy) is 1. The highest BCUT2D eigenvalue weighted by Crippen LogP contribution is 2.25. The number of hydrogen-bond donors (Lipinski definition) is 1. The van der Waals surface area contributed by atoms with Gasteiger partial charge in [-0.05, 0) is 19.1 Å². The molecule has 0 radical (unpaired) electrons. The summed E-state index contributed by atoms with van der Waals surface area (Å²) in [5, 5.41) is 3.18. The number of benzene rings is 1. The second kappa shape index (κ2) is 4.69. The third-order valence-corrected chi connectivity index (χ3v) is 2.19. The topological polar surface area (TPSA) is 68.5 Å². The second-order valence-corrected chi connectivity index (χ2v) is 3.32. The van der Waals surface area contributed by atoms with Crippen molar-refractivity contribution in [3.63, 3.8) is 0 Å². The Morgan fingerprint density at radius 3 is 2.88 bits per heavy atom. The van der Waals surface area contributed by atoms with Gasteiger partial charge in [-0.2, -0.15) is 0 Å². The van der Waals surface area contributed by atoms with Gasteiger partial charge in [0.25, 0.3) is 0 Å². The van der Waals surface area contributed by atoms with Gasteiger partial charge in [-0.25, -0.2) is 4.79 Å². The molecule has 0 spiro atoms. The van der Waals surface area contributed by atoms with Crippen molar-refractivity contribution in [3.8, 4) is 0 Å². The molecular formula is C12H11NO4. The first-order chi connectivity index (χ1) is 8.22. The van der Waals surface area contributed by atoms with E-state index in [0.29, 0.717) is 11.3 Å². The van der Waals surface area contributed by atoms with Gasteiger partial charge < -0.3 is 14.5 Å². The molecule has 2 rings (SSSR count). The van der Waals surface area contributed by atoms with Crippen molar-refractivity contribution in [2.45, 2.75) is 6.92 Å². The van der Waals surface area contributed by atoms with E-state index < -0.39 is 11.9 Å². The zero-order valence-corrected chi connectivity index (χ0v) is 9.23. The molecule has 88 valence electrons. The average molecular weight is 233 g/mol. The van der Waals surface area contributed by atoms with Crippen molar-refractivity contribution < 1.29 is 18.7 Å². The lowest BCUT2D eigenvalue weighted by atomic mass is 10.2. The summed E-state index contributed by atoms with van der Waals surface area (Å²) in [6.07, 6.45) is 1.39. The smallest absolute Gasteiger partial charge is 0.397 e. The molecule has 0 saturated carbocycles. The maximum absolute atomic E-state index is 11.4. The zero-order valence-electron chi connectivity index (χ0n) is 9.23. The summed E-state index contributed by atoms with van der Waals surface area (Å²) in [6.45, 7) is 1.80. The van der Waals surface area contributed by atoms with E-state index in [1.54, 1.807) is 19.1 Å². The lowest BCUT2D eigenvalue weighted by Crippen LogP contribution is -2.24. The lowest BCUT2D eigenvalue weighted by molar-refractivity contribution is -0.152. The van der Waals surface area contributed by atoms with Crippen molar-refractivity contribution in [2.24, 2.45) is 0 Å². The molecule has 1 aromatic carbocycles. The predicted octanol–water partition coefficient (Wildman–Crippen LogP) is 1.93. The van der Waals surface area contributed by atoms with Gasteiger partial charge in [-0.15, -0.1) is 0 Å². The number of rotatable bonds is 2. The van der Waals surface area contributed by atoms with Gasteiger partial charge in [0.15, 0.2) is 0 Å². The first-order valence-corrected chi connectivity index (χ1v) is 5.16. The van der Waals surface area contributed by atoms with E-state index in [1.165, 1.54) is 6.26 Å². The van der Waals surface area contributed by atoms with Crippen LogP contribution in [0.3, 0.4) is 0 Å². The molecule has 5 nitrogen and oxygen atoms in total. The highest BCUT2D eigenvalue weighted by atomic mass is 16.5. The van der Waals surface area contributed by atoms with Gasteiger partial charge in [-0.3, -0.25) is 4.79 Å². The number of hydrogen-bond acceptors (Lipinski definition) is 4. The van der Waals surface area contributed by atoms with E-state index in [1.807, 2.05) is 12.1 Å². The molecule has 0 fully saturated rings. The van der Waals surface area contributed by atoms with Gasteiger partial charge >= 0.3 is 11.9 Å². The van der Waals surface area contributed by atoms with Crippen LogP contribution in [0.15, 0.2) is 34.9 Å². The van der Waals surface area contributed by atoms with Crippen LogP contribution in [-0.2, 0) is 14.3 Å². The van der Waals surface area contributed by atoms with Crippen LogP contribution in [-0.4, -0.2) is 18.5 Å². The number of carbonyl (C=O) groups excluding carboxylic acids is 2. The number of esters is 1. The molecule has 1 N–H and O–H groups in total. The van der Waals surface area contributed by atoms with Crippen LogP contribution in [0.1, 0.15) is 6.92 Å². The van der Waals surface area contributed by atoms with E-state index in [9.17, 15) is 9.59 Å².